The zero-order valence-electron chi connectivity index (χ0n) is 15.2. The van der Waals surface area contributed by atoms with Crippen molar-refractivity contribution in [1.29, 1.82) is 0 Å². The van der Waals surface area contributed by atoms with Crippen LogP contribution in [0.5, 0.6) is 0 Å². The molecule has 1 amide bonds. The monoisotopic (exact) mass is 338 g/mol. The number of carbonyl (C=O) groups is 1. The standard InChI is InChI=1S/C20H26N4O/c1-20(2,3)15-7-9-16(10-8-15)23-19(25)17-13-18(22-14-21-17)24-11-5-4-6-12-24/h7-10,13-14H,4-6,11-12H2,1-3H3,(H,23,25). The minimum Gasteiger partial charge on any atom is -0.357 e. The van der Waals surface area contributed by atoms with Crippen molar-refractivity contribution in [2.75, 3.05) is 23.3 Å². The van der Waals surface area contributed by atoms with Crippen molar-refractivity contribution in [3.05, 3.63) is 47.9 Å². The molecule has 2 aromatic rings. The number of benzene rings is 1. The van der Waals surface area contributed by atoms with Gasteiger partial charge in [-0.1, -0.05) is 32.9 Å². The molecule has 1 aromatic heterocycles. The number of amides is 1. The van der Waals surface area contributed by atoms with Crippen molar-refractivity contribution in [2.24, 2.45) is 0 Å². The summed E-state index contributed by atoms with van der Waals surface area (Å²) >= 11 is 0. The summed E-state index contributed by atoms with van der Waals surface area (Å²) in [5, 5.41) is 2.92. The minimum absolute atomic E-state index is 0.0958. The molecule has 1 aliphatic rings. The summed E-state index contributed by atoms with van der Waals surface area (Å²) in [4.78, 5) is 23.2. The predicted molar refractivity (Wildman–Crippen MR) is 101 cm³/mol. The average molecular weight is 338 g/mol. The second-order valence-corrected chi connectivity index (χ2v) is 7.59. The van der Waals surface area contributed by atoms with E-state index in [2.05, 4.69) is 53.1 Å². The fourth-order valence-electron chi connectivity index (χ4n) is 3.02. The van der Waals surface area contributed by atoms with Crippen molar-refractivity contribution in [3.63, 3.8) is 0 Å². The topological polar surface area (TPSA) is 58.1 Å². The van der Waals surface area contributed by atoms with Crippen LogP contribution in [-0.4, -0.2) is 29.0 Å². The van der Waals surface area contributed by atoms with Gasteiger partial charge in [0.05, 0.1) is 0 Å². The Labute approximate surface area is 149 Å². The van der Waals surface area contributed by atoms with E-state index < -0.39 is 0 Å². The van der Waals surface area contributed by atoms with Gasteiger partial charge in [-0.3, -0.25) is 4.79 Å². The first-order valence-corrected chi connectivity index (χ1v) is 8.92. The van der Waals surface area contributed by atoms with Crippen LogP contribution in [0.1, 0.15) is 56.1 Å². The van der Waals surface area contributed by atoms with Crippen molar-refractivity contribution < 1.29 is 4.79 Å². The molecule has 25 heavy (non-hydrogen) atoms. The number of hydrogen-bond donors (Lipinski definition) is 1. The van der Waals surface area contributed by atoms with Crippen LogP contribution in [-0.2, 0) is 5.41 Å². The van der Waals surface area contributed by atoms with E-state index >= 15 is 0 Å². The van der Waals surface area contributed by atoms with E-state index in [1.54, 1.807) is 6.07 Å². The van der Waals surface area contributed by atoms with Crippen molar-refractivity contribution in [3.8, 4) is 0 Å². The Hall–Kier alpha value is -2.43. The number of carbonyl (C=O) groups excluding carboxylic acids is 1. The van der Waals surface area contributed by atoms with Gasteiger partial charge in [0, 0.05) is 24.8 Å². The van der Waals surface area contributed by atoms with Crippen LogP contribution in [0.25, 0.3) is 0 Å². The summed E-state index contributed by atoms with van der Waals surface area (Å²) in [5.74, 6) is 0.632. The average Bonchev–Trinajstić information content (AvgIpc) is 2.62. The summed E-state index contributed by atoms with van der Waals surface area (Å²) < 4.78 is 0. The molecule has 1 aromatic carbocycles. The van der Waals surface area contributed by atoms with Gasteiger partial charge in [0.2, 0.25) is 0 Å². The van der Waals surface area contributed by atoms with Crippen LogP contribution >= 0.6 is 0 Å². The first-order chi connectivity index (χ1) is 11.9. The molecule has 1 aliphatic heterocycles. The number of anilines is 2. The van der Waals surface area contributed by atoms with E-state index in [1.165, 1.54) is 31.2 Å². The zero-order valence-corrected chi connectivity index (χ0v) is 15.2. The van der Waals surface area contributed by atoms with Crippen LogP contribution in [0.2, 0.25) is 0 Å². The third kappa shape index (κ3) is 4.35. The first kappa shape index (κ1) is 17.4. The lowest BCUT2D eigenvalue weighted by Gasteiger charge is -2.27. The summed E-state index contributed by atoms with van der Waals surface area (Å²) in [6, 6.07) is 9.75. The van der Waals surface area contributed by atoms with E-state index in [-0.39, 0.29) is 11.3 Å². The Morgan fingerprint density at radius 2 is 1.72 bits per heavy atom. The maximum absolute atomic E-state index is 12.5. The Balaban J connectivity index is 1.70. The summed E-state index contributed by atoms with van der Waals surface area (Å²) in [5.41, 5.74) is 2.50. The zero-order chi connectivity index (χ0) is 17.9. The lowest BCUT2D eigenvalue weighted by molar-refractivity contribution is 0.102. The van der Waals surface area contributed by atoms with Gasteiger partial charge in [-0.25, -0.2) is 9.97 Å². The highest BCUT2D eigenvalue weighted by molar-refractivity contribution is 6.03. The lowest BCUT2D eigenvalue weighted by atomic mass is 9.87. The lowest BCUT2D eigenvalue weighted by Crippen LogP contribution is -2.30. The highest BCUT2D eigenvalue weighted by Crippen LogP contribution is 2.24. The van der Waals surface area contributed by atoms with Gasteiger partial charge >= 0.3 is 0 Å². The highest BCUT2D eigenvalue weighted by Gasteiger charge is 2.16. The van der Waals surface area contributed by atoms with E-state index in [9.17, 15) is 4.79 Å². The number of hydrogen-bond acceptors (Lipinski definition) is 4. The quantitative estimate of drug-likeness (QED) is 0.918. The highest BCUT2D eigenvalue weighted by atomic mass is 16.1. The number of aromatic nitrogens is 2. The summed E-state index contributed by atoms with van der Waals surface area (Å²) in [6.07, 6.45) is 5.08. The number of rotatable bonds is 3. The van der Waals surface area contributed by atoms with Gasteiger partial charge in [-0.2, -0.15) is 0 Å². The van der Waals surface area contributed by atoms with Crippen molar-refractivity contribution in [2.45, 2.75) is 45.4 Å². The molecule has 1 fully saturated rings. The second kappa shape index (κ2) is 7.21. The minimum atomic E-state index is -0.204. The molecule has 0 spiro atoms. The molecule has 3 rings (SSSR count). The molecular weight excluding hydrogens is 312 g/mol. The van der Waals surface area contributed by atoms with Gasteiger partial charge in [-0.15, -0.1) is 0 Å². The molecule has 5 nitrogen and oxygen atoms in total. The predicted octanol–water partition coefficient (Wildman–Crippen LogP) is 4.02. The maximum Gasteiger partial charge on any atom is 0.274 e. The van der Waals surface area contributed by atoms with Crippen LogP contribution in [0, 0.1) is 0 Å². The molecular formula is C20H26N4O. The van der Waals surface area contributed by atoms with Crippen molar-refractivity contribution in [1.82, 2.24) is 9.97 Å². The van der Waals surface area contributed by atoms with E-state index in [1.807, 2.05) is 12.1 Å². The molecule has 1 saturated heterocycles. The molecule has 0 aliphatic carbocycles. The van der Waals surface area contributed by atoms with E-state index in [0.717, 1.165) is 24.6 Å². The second-order valence-electron chi connectivity index (χ2n) is 7.59. The maximum atomic E-state index is 12.5. The largest absolute Gasteiger partial charge is 0.357 e. The smallest absolute Gasteiger partial charge is 0.274 e. The van der Waals surface area contributed by atoms with Crippen LogP contribution in [0.3, 0.4) is 0 Å². The Kier molecular flexibility index (Phi) is 5.02. The molecule has 0 saturated carbocycles. The molecule has 132 valence electrons. The van der Waals surface area contributed by atoms with Crippen LogP contribution < -0.4 is 10.2 Å². The number of nitrogens with one attached hydrogen (secondary N) is 1. The summed E-state index contributed by atoms with van der Waals surface area (Å²) in [7, 11) is 0. The number of nitrogens with zero attached hydrogens (tertiary/aromatic N) is 3. The first-order valence-electron chi connectivity index (χ1n) is 8.92. The van der Waals surface area contributed by atoms with Crippen molar-refractivity contribution >= 4 is 17.4 Å². The van der Waals surface area contributed by atoms with Gasteiger partial charge in [0.1, 0.15) is 17.8 Å². The normalized spacial score (nSPS) is 15.1. The SMILES string of the molecule is CC(C)(C)c1ccc(NC(=O)c2cc(N3CCCCC3)ncn2)cc1. The molecule has 0 unspecified atom stereocenters. The molecule has 0 atom stereocenters. The number of piperidine rings is 1. The van der Waals surface area contributed by atoms with Crippen LogP contribution in [0.4, 0.5) is 11.5 Å². The fourth-order valence-corrected chi connectivity index (χ4v) is 3.02. The molecule has 5 heteroatoms. The van der Waals surface area contributed by atoms with E-state index in [0.29, 0.717) is 5.69 Å². The fraction of sp³-hybridized carbons (Fsp3) is 0.450. The third-order valence-corrected chi connectivity index (χ3v) is 4.57. The van der Waals surface area contributed by atoms with Gasteiger partial charge in [0.15, 0.2) is 0 Å². The third-order valence-electron chi connectivity index (χ3n) is 4.57. The van der Waals surface area contributed by atoms with Crippen LogP contribution in [0.15, 0.2) is 36.7 Å². The van der Waals surface area contributed by atoms with Gasteiger partial charge in [-0.05, 0) is 42.4 Å². The molecule has 0 bridgehead atoms. The van der Waals surface area contributed by atoms with Gasteiger partial charge in [0.25, 0.3) is 5.91 Å². The molecule has 0 radical (unpaired) electrons. The molecule has 1 N–H and O–H groups in total. The Morgan fingerprint density at radius 3 is 2.36 bits per heavy atom. The van der Waals surface area contributed by atoms with E-state index in [4.69, 9.17) is 0 Å². The van der Waals surface area contributed by atoms with Gasteiger partial charge < -0.3 is 10.2 Å². The Morgan fingerprint density at radius 1 is 1.04 bits per heavy atom. The summed E-state index contributed by atoms with van der Waals surface area (Å²) in [6.45, 7) is 8.50. The molecule has 2 heterocycles. The Bertz CT molecular complexity index is 728.